The van der Waals surface area contributed by atoms with Crippen molar-refractivity contribution < 1.29 is 4.79 Å². The van der Waals surface area contributed by atoms with E-state index in [9.17, 15) is 4.79 Å². The molecule has 0 fully saturated rings. The van der Waals surface area contributed by atoms with Crippen LogP contribution >= 0.6 is 22.9 Å². The lowest BCUT2D eigenvalue weighted by Crippen LogP contribution is -2.42. The molecule has 2 aromatic rings. The molecule has 0 spiro atoms. The first-order valence-corrected chi connectivity index (χ1v) is 8.58. The minimum Gasteiger partial charge on any atom is -0.337 e. The highest BCUT2D eigenvalue weighted by molar-refractivity contribution is 7.15. The molecule has 1 amide bonds. The van der Waals surface area contributed by atoms with Gasteiger partial charge in [-0.05, 0) is 6.07 Å². The van der Waals surface area contributed by atoms with Gasteiger partial charge in [-0.1, -0.05) is 50.6 Å². The fourth-order valence-corrected chi connectivity index (χ4v) is 4.04. The third kappa shape index (κ3) is 2.90. The summed E-state index contributed by atoms with van der Waals surface area (Å²) in [7, 11) is 0. The van der Waals surface area contributed by atoms with E-state index < -0.39 is 0 Å². The van der Waals surface area contributed by atoms with E-state index in [1.54, 1.807) is 11.3 Å². The molecule has 3 nitrogen and oxygen atoms in total. The highest BCUT2D eigenvalue weighted by Crippen LogP contribution is 2.35. The van der Waals surface area contributed by atoms with Gasteiger partial charge in [-0.2, -0.15) is 0 Å². The quantitative estimate of drug-likeness (QED) is 0.774. The number of hydrogen-bond donors (Lipinski definition) is 0. The van der Waals surface area contributed by atoms with Crippen molar-refractivity contribution in [3.8, 4) is 10.6 Å². The maximum atomic E-state index is 12.4. The predicted octanol–water partition coefficient (Wildman–Crippen LogP) is 4.39. The first-order valence-electron chi connectivity index (χ1n) is 7.39. The van der Waals surface area contributed by atoms with Crippen molar-refractivity contribution >= 4 is 28.8 Å². The van der Waals surface area contributed by atoms with Crippen LogP contribution in [0.1, 0.15) is 31.3 Å². The molecule has 1 aromatic carbocycles. The second-order valence-electron chi connectivity index (χ2n) is 6.60. The Morgan fingerprint density at radius 1 is 1.32 bits per heavy atom. The van der Waals surface area contributed by atoms with Crippen LogP contribution < -0.4 is 0 Å². The van der Waals surface area contributed by atoms with Crippen molar-refractivity contribution in [2.45, 2.75) is 33.7 Å². The topological polar surface area (TPSA) is 33.2 Å². The standard InChI is InChI=1S/C17H19ClN2OS/c1-17(2,3)16(21)20-9-8-13-14(10-20)22-15(19-13)11-6-4-5-7-12(11)18/h4-7H,8-10H2,1-3H3. The number of rotatable bonds is 1. The molecule has 22 heavy (non-hydrogen) atoms. The molecule has 0 radical (unpaired) electrons. The first-order chi connectivity index (χ1) is 10.4. The van der Waals surface area contributed by atoms with Crippen molar-refractivity contribution in [3.05, 3.63) is 39.9 Å². The number of thiazole rings is 1. The molecule has 1 aliphatic rings. The van der Waals surface area contributed by atoms with Gasteiger partial charge in [-0.25, -0.2) is 4.98 Å². The van der Waals surface area contributed by atoms with E-state index in [-0.39, 0.29) is 11.3 Å². The molecule has 0 unspecified atom stereocenters. The molecule has 0 saturated carbocycles. The summed E-state index contributed by atoms with van der Waals surface area (Å²) in [6.45, 7) is 7.30. The second-order valence-corrected chi connectivity index (χ2v) is 8.09. The van der Waals surface area contributed by atoms with Gasteiger partial charge in [0.25, 0.3) is 0 Å². The van der Waals surface area contributed by atoms with E-state index >= 15 is 0 Å². The lowest BCUT2D eigenvalue weighted by atomic mass is 9.94. The number of halogens is 1. The summed E-state index contributed by atoms with van der Waals surface area (Å²) < 4.78 is 0. The van der Waals surface area contributed by atoms with E-state index in [4.69, 9.17) is 16.6 Å². The summed E-state index contributed by atoms with van der Waals surface area (Å²) in [5.41, 5.74) is 1.74. The molecule has 0 atom stereocenters. The van der Waals surface area contributed by atoms with Crippen molar-refractivity contribution in [2.75, 3.05) is 6.54 Å². The normalized spacial score (nSPS) is 14.8. The maximum absolute atomic E-state index is 12.4. The summed E-state index contributed by atoms with van der Waals surface area (Å²) in [5.74, 6) is 0.200. The molecule has 0 aliphatic carbocycles. The van der Waals surface area contributed by atoms with Crippen LogP contribution in [-0.2, 0) is 17.8 Å². The van der Waals surface area contributed by atoms with Crippen LogP contribution in [-0.4, -0.2) is 22.3 Å². The van der Waals surface area contributed by atoms with E-state index in [2.05, 4.69) is 0 Å². The van der Waals surface area contributed by atoms with Gasteiger partial charge in [0.05, 0.1) is 17.3 Å². The molecule has 3 rings (SSSR count). The number of fused-ring (bicyclic) bond motifs is 1. The summed E-state index contributed by atoms with van der Waals surface area (Å²) in [6.07, 6.45) is 0.818. The minimum atomic E-state index is -0.340. The highest BCUT2D eigenvalue weighted by atomic mass is 35.5. The van der Waals surface area contributed by atoms with Crippen molar-refractivity contribution in [1.29, 1.82) is 0 Å². The van der Waals surface area contributed by atoms with Crippen molar-refractivity contribution in [3.63, 3.8) is 0 Å². The van der Waals surface area contributed by atoms with Gasteiger partial charge in [0.1, 0.15) is 5.01 Å². The van der Waals surface area contributed by atoms with Gasteiger partial charge in [-0.15, -0.1) is 11.3 Å². The van der Waals surface area contributed by atoms with Crippen LogP contribution in [0.25, 0.3) is 10.6 Å². The number of nitrogens with zero attached hydrogens (tertiary/aromatic N) is 2. The van der Waals surface area contributed by atoms with Gasteiger partial charge in [-0.3, -0.25) is 4.79 Å². The van der Waals surface area contributed by atoms with Crippen LogP contribution in [0.15, 0.2) is 24.3 Å². The van der Waals surface area contributed by atoms with Crippen LogP contribution in [0.4, 0.5) is 0 Å². The summed E-state index contributed by atoms with van der Waals surface area (Å²) in [6, 6.07) is 7.76. The zero-order chi connectivity index (χ0) is 15.9. The number of benzene rings is 1. The SMILES string of the molecule is CC(C)(C)C(=O)N1CCc2nc(-c3ccccc3Cl)sc2C1. The molecule has 0 bridgehead atoms. The van der Waals surface area contributed by atoms with Crippen LogP contribution in [0, 0.1) is 5.41 Å². The number of carbonyl (C=O) groups is 1. The average molecular weight is 335 g/mol. The second kappa shape index (κ2) is 5.67. The Morgan fingerprint density at radius 3 is 2.73 bits per heavy atom. The molecular weight excluding hydrogens is 316 g/mol. The van der Waals surface area contributed by atoms with Crippen LogP contribution in [0.2, 0.25) is 5.02 Å². The van der Waals surface area contributed by atoms with Crippen LogP contribution in [0.3, 0.4) is 0 Å². The third-order valence-electron chi connectivity index (χ3n) is 3.76. The summed E-state index contributed by atoms with van der Waals surface area (Å²) in [4.78, 5) is 20.3. The molecule has 2 heterocycles. The minimum absolute atomic E-state index is 0.200. The Bertz CT molecular complexity index is 718. The predicted molar refractivity (Wildman–Crippen MR) is 91.1 cm³/mol. The highest BCUT2D eigenvalue weighted by Gasteiger charge is 2.31. The lowest BCUT2D eigenvalue weighted by Gasteiger charge is -2.31. The summed E-state index contributed by atoms with van der Waals surface area (Å²) >= 11 is 7.91. The lowest BCUT2D eigenvalue weighted by molar-refractivity contribution is -0.140. The first kappa shape index (κ1) is 15.5. The maximum Gasteiger partial charge on any atom is 0.228 e. The number of aromatic nitrogens is 1. The molecule has 116 valence electrons. The van der Waals surface area contributed by atoms with E-state index in [1.165, 1.54) is 4.88 Å². The van der Waals surface area contributed by atoms with E-state index in [0.29, 0.717) is 6.54 Å². The Hall–Kier alpha value is -1.39. The average Bonchev–Trinajstić information content (AvgIpc) is 2.88. The molecule has 0 N–H and O–H groups in total. The van der Waals surface area contributed by atoms with E-state index in [1.807, 2.05) is 49.9 Å². The smallest absolute Gasteiger partial charge is 0.228 e. The zero-order valence-corrected chi connectivity index (χ0v) is 14.6. The molecule has 1 aromatic heterocycles. The molecule has 0 saturated heterocycles. The fraction of sp³-hybridized carbons (Fsp3) is 0.412. The van der Waals surface area contributed by atoms with Crippen molar-refractivity contribution in [1.82, 2.24) is 9.88 Å². The van der Waals surface area contributed by atoms with Gasteiger partial charge in [0, 0.05) is 28.8 Å². The van der Waals surface area contributed by atoms with Gasteiger partial charge < -0.3 is 4.90 Å². The van der Waals surface area contributed by atoms with E-state index in [0.717, 1.165) is 34.3 Å². The molecular formula is C17H19ClN2OS. The van der Waals surface area contributed by atoms with Gasteiger partial charge in [0.15, 0.2) is 0 Å². The van der Waals surface area contributed by atoms with Gasteiger partial charge in [0.2, 0.25) is 5.91 Å². The largest absolute Gasteiger partial charge is 0.337 e. The number of hydrogen-bond acceptors (Lipinski definition) is 3. The summed E-state index contributed by atoms with van der Waals surface area (Å²) in [5, 5.41) is 1.66. The fourth-order valence-electron chi connectivity index (χ4n) is 2.59. The number of amides is 1. The molecule has 5 heteroatoms. The Kier molecular flexibility index (Phi) is 4.00. The zero-order valence-electron chi connectivity index (χ0n) is 13.0. The Morgan fingerprint density at radius 2 is 2.05 bits per heavy atom. The monoisotopic (exact) mass is 334 g/mol. The Labute approximate surface area is 139 Å². The Balaban J connectivity index is 1.88. The number of carbonyl (C=O) groups excluding carboxylic acids is 1. The molecule has 1 aliphatic heterocycles. The van der Waals surface area contributed by atoms with Crippen LogP contribution in [0.5, 0.6) is 0 Å². The van der Waals surface area contributed by atoms with Crippen molar-refractivity contribution in [2.24, 2.45) is 5.41 Å². The van der Waals surface area contributed by atoms with Gasteiger partial charge >= 0.3 is 0 Å². The third-order valence-corrected chi connectivity index (χ3v) is 5.21.